The first kappa shape index (κ1) is 14.2. The minimum Gasteiger partial charge on any atom is -0.462 e. The van der Waals surface area contributed by atoms with Gasteiger partial charge in [-0.05, 0) is 13.3 Å². The molecule has 0 unspecified atom stereocenters. The Hall–Kier alpha value is -1.36. The van der Waals surface area contributed by atoms with Gasteiger partial charge in [0.2, 0.25) is 0 Å². The zero-order chi connectivity index (χ0) is 15.6. The summed E-state index contributed by atoms with van der Waals surface area (Å²) in [4.78, 5) is 23.7. The lowest BCUT2D eigenvalue weighted by atomic mass is 9.77. The number of hydrogen-bond donors (Lipinski definition) is 0. The fourth-order valence-electron chi connectivity index (χ4n) is 4.94. The number of fused-ring (bicyclic) bond motifs is 4. The number of allylic oxidation sites excluding steroid dienone is 1. The third kappa shape index (κ3) is 1.87. The zero-order valence-electron chi connectivity index (χ0n) is 13.2. The number of carbonyl (C=O) groups excluding carboxylic acids is 2. The standard InChI is InChI=1S/C17H22O5/c1-8-4-5-11-13(8)15-14(9(2)16(19)22-15)12(21-10(3)18)6-17(11)7-20-17/h4,9,11-15H,5-7H2,1-3H3/t9-,11+,12-,13-,14+,15+,17+/m0/s1. The molecule has 0 N–H and O–H groups in total. The molecule has 5 nitrogen and oxygen atoms in total. The number of esters is 2. The molecule has 1 saturated carbocycles. The lowest BCUT2D eigenvalue weighted by molar-refractivity contribution is -0.151. The summed E-state index contributed by atoms with van der Waals surface area (Å²) >= 11 is 0. The monoisotopic (exact) mass is 306 g/mol. The van der Waals surface area contributed by atoms with Crippen LogP contribution in [0.5, 0.6) is 0 Å². The van der Waals surface area contributed by atoms with Crippen LogP contribution in [0.3, 0.4) is 0 Å². The Balaban J connectivity index is 1.75. The molecule has 0 aromatic carbocycles. The van der Waals surface area contributed by atoms with E-state index in [4.69, 9.17) is 14.2 Å². The summed E-state index contributed by atoms with van der Waals surface area (Å²) in [6, 6.07) is 0. The van der Waals surface area contributed by atoms with Gasteiger partial charge in [0, 0.05) is 31.1 Å². The van der Waals surface area contributed by atoms with E-state index in [-0.39, 0.29) is 47.5 Å². The van der Waals surface area contributed by atoms with Crippen molar-refractivity contribution in [2.75, 3.05) is 6.61 Å². The van der Waals surface area contributed by atoms with E-state index in [1.807, 2.05) is 6.92 Å². The smallest absolute Gasteiger partial charge is 0.309 e. The van der Waals surface area contributed by atoms with Crippen molar-refractivity contribution in [1.29, 1.82) is 0 Å². The van der Waals surface area contributed by atoms with Crippen LogP contribution < -0.4 is 0 Å². The Labute approximate surface area is 130 Å². The maximum atomic E-state index is 12.1. The Morgan fingerprint density at radius 3 is 2.82 bits per heavy atom. The van der Waals surface area contributed by atoms with Gasteiger partial charge in [-0.3, -0.25) is 9.59 Å². The van der Waals surface area contributed by atoms with Crippen molar-refractivity contribution in [2.24, 2.45) is 23.7 Å². The summed E-state index contributed by atoms with van der Waals surface area (Å²) in [5, 5.41) is 0. The minimum absolute atomic E-state index is 0.0751. The fraction of sp³-hybridized carbons (Fsp3) is 0.765. The van der Waals surface area contributed by atoms with E-state index in [9.17, 15) is 9.59 Å². The van der Waals surface area contributed by atoms with E-state index in [1.54, 1.807) is 0 Å². The second-order valence-corrected chi connectivity index (χ2v) is 7.29. The van der Waals surface area contributed by atoms with Gasteiger partial charge in [0.15, 0.2) is 0 Å². The minimum atomic E-state index is -0.301. The Morgan fingerprint density at radius 2 is 2.18 bits per heavy atom. The number of hydrogen-bond acceptors (Lipinski definition) is 5. The lowest BCUT2D eigenvalue weighted by Crippen LogP contribution is -2.37. The van der Waals surface area contributed by atoms with Gasteiger partial charge in [0.05, 0.1) is 18.1 Å². The van der Waals surface area contributed by atoms with Gasteiger partial charge in [-0.1, -0.05) is 18.6 Å². The van der Waals surface area contributed by atoms with Crippen molar-refractivity contribution in [1.82, 2.24) is 0 Å². The van der Waals surface area contributed by atoms with Crippen molar-refractivity contribution in [3.63, 3.8) is 0 Å². The third-order valence-electron chi connectivity index (χ3n) is 6.07. The van der Waals surface area contributed by atoms with Gasteiger partial charge >= 0.3 is 11.9 Å². The molecule has 2 aliphatic heterocycles. The van der Waals surface area contributed by atoms with Crippen LogP contribution in [0.4, 0.5) is 0 Å². The predicted octanol–water partition coefficient (Wildman–Crippen LogP) is 1.85. The predicted molar refractivity (Wildman–Crippen MR) is 76.7 cm³/mol. The molecule has 0 radical (unpaired) electrons. The lowest BCUT2D eigenvalue weighted by Gasteiger charge is -2.29. The molecule has 7 atom stereocenters. The molecule has 4 rings (SSSR count). The number of epoxide rings is 1. The Morgan fingerprint density at radius 1 is 1.45 bits per heavy atom. The first-order valence-corrected chi connectivity index (χ1v) is 8.11. The molecule has 120 valence electrons. The second kappa shape index (κ2) is 4.57. The summed E-state index contributed by atoms with van der Waals surface area (Å²) in [5.41, 5.74) is 1.08. The quantitative estimate of drug-likeness (QED) is 0.420. The first-order valence-electron chi connectivity index (χ1n) is 8.11. The van der Waals surface area contributed by atoms with Gasteiger partial charge in [-0.25, -0.2) is 0 Å². The molecule has 0 aromatic rings. The second-order valence-electron chi connectivity index (χ2n) is 7.29. The average Bonchev–Trinajstić information content (AvgIpc) is 3.04. The van der Waals surface area contributed by atoms with Crippen LogP contribution in [0.25, 0.3) is 0 Å². The Bertz CT molecular complexity index is 561. The summed E-state index contributed by atoms with van der Waals surface area (Å²) in [6.07, 6.45) is 3.39. The molecule has 0 aromatic heterocycles. The number of rotatable bonds is 1. The molecule has 0 bridgehead atoms. The molecular weight excluding hydrogens is 284 g/mol. The maximum Gasteiger partial charge on any atom is 0.309 e. The highest BCUT2D eigenvalue weighted by Gasteiger charge is 2.65. The average molecular weight is 306 g/mol. The van der Waals surface area contributed by atoms with Gasteiger partial charge in [0.1, 0.15) is 12.2 Å². The molecule has 5 heteroatoms. The highest BCUT2D eigenvalue weighted by molar-refractivity contribution is 5.75. The van der Waals surface area contributed by atoms with Crippen LogP contribution >= 0.6 is 0 Å². The van der Waals surface area contributed by atoms with E-state index in [0.29, 0.717) is 12.3 Å². The summed E-state index contributed by atoms with van der Waals surface area (Å²) in [6.45, 7) is 6.14. The van der Waals surface area contributed by atoms with Crippen molar-refractivity contribution in [2.45, 2.75) is 51.4 Å². The topological polar surface area (TPSA) is 65.1 Å². The molecule has 22 heavy (non-hydrogen) atoms. The van der Waals surface area contributed by atoms with Crippen molar-refractivity contribution in [3.8, 4) is 0 Å². The van der Waals surface area contributed by atoms with Crippen LogP contribution in [0.15, 0.2) is 11.6 Å². The highest BCUT2D eigenvalue weighted by Crippen LogP contribution is 2.58. The number of carbonyl (C=O) groups is 2. The van der Waals surface area contributed by atoms with Crippen molar-refractivity contribution >= 4 is 11.9 Å². The van der Waals surface area contributed by atoms with Gasteiger partial charge in [-0.15, -0.1) is 0 Å². The summed E-state index contributed by atoms with van der Waals surface area (Å²) in [5.74, 6) is -0.254. The molecule has 0 amide bonds. The van der Waals surface area contributed by atoms with Gasteiger partial charge in [-0.2, -0.15) is 0 Å². The zero-order valence-corrected chi connectivity index (χ0v) is 13.2. The molecule has 4 aliphatic rings. The van der Waals surface area contributed by atoms with Crippen LogP contribution in [0, 0.1) is 23.7 Å². The molecule has 1 spiro atoms. The summed E-state index contributed by atoms with van der Waals surface area (Å²) in [7, 11) is 0. The van der Waals surface area contributed by atoms with Crippen molar-refractivity contribution in [3.05, 3.63) is 11.6 Å². The van der Waals surface area contributed by atoms with E-state index in [1.165, 1.54) is 12.5 Å². The van der Waals surface area contributed by atoms with E-state index in [2.05, 4.69) is 13.0 Å². The van der Waals surface area contributed by atoms with Gasteiger partial charge < -0.3 is 14.2 Å². The fourth-order valence-corrected chi connectivity index (χ4v) is 4.94. The Kier molecular flexibility index (Phi) is 2.96. The van der Waals surface area contributed by atoms with Crippen LogP contribution in [-0.4, -0.2) is 36.4 Å². The SMILES string of the molecule is CC(=O)O[C@H]1C[C@@]2(CO2)[C@@H]2CC=C(C)[C@@H]2[C@H]2OC(=O)[C@@H](C)[C@@H]21. The number of ether oxygens (including phenoxy) is 3. The normalized spacial score (nSPS) is 49.0. The largest absolute Gasteiger partial charge is 0.462 e. The van der Waals surface area contributed by atoms with Crippen molar-refractivity contribution < 1.29 is 23.8 Å². The van der Waals surface area contributed by atoms with E-state index < -0.39 is 0 Å². The molecule has 2 heterocycles. The first-order chi connectivity index (χ1) is 10.4. The van der Waals surface area contributed by atoms with E-state index in [0.717, 1.165) is 13.0 Å². The maximum absolute atomic E-state index is 12.1. The van der Waals surface area contributed by atoms with Crippen LogP contribution in [0.2, 0.25) is 0 Å². The molecule has 3 fully saturated rings. The van der Waals surface area contributed by atoms with Gasteiger partial charge in [0.25, 0.3) is 0 Å². The van der Waals surface area contributed by atoms with Crippen LogP contribution in [0.1, 0.15) is 33.6 Å². The van der Waals surface area contributed by atoms with Crippen LogP contribution in [-0.2, 0) is 23.8 Å². The van der Waals surface area contributed by atoms with E-state index >= 15 is 0 Å². The molecule has 2 saturated heterocycles. The molecular formula is C17H22O5. The highest BCUT2D eigenvalue weighted by atomic mass is 16.6. The summed E-state index contributed by atoms with van der Waals surface area (Å²) < 4.78 is 17.2. The molecule has 2 aliphatic carbocycles. The third-order valence-corrected chi connectivity index (χ3v) is 6.07.